The van der Waals surface area contributed by atoms with Crippen LogP contribution in [-0.4, -0.2) is 18.5 Å². The Labute approximate surface area is 108 Å². The summed E-state index contributed by atoms with van der Waals surface area (Å²) in [6.45, 7) is 3.00. The van der Waals surface area contributed by atoms with Crippen molar-refractivity contribution < 1.29 is 4.79 Å². The molecule has 1 aromatic heterocycles. The molecule has 3 nitrogen and oxygen atoms in total. The number of halogens is 1. The van der Waals surface area contributed by atoms with Gasteiger partial charge in [0.1, 0.15) is 0 Å². The molecular weight excluding hydrogens is 288 g/mol. The Balaban J connectivity index is 1.79. The van der Waals surface area contributed by atoms with Crippen LogP contribution in [0.1, 0.15) is 30.7 Å². The summed E-state index contributed by atoms with van der Waals surface area (Å²) in [6, 6.07) is 2.78. The molecule has 16 heavy (non-hydrogen) atoms. The minimum atomic E-state index is 0.179. The quantitative estimate of drug-likeness (QED) is 0.897. The molecule has 0 saturated carbocycles. The first-order chi connectivity index (χ1) is 7.65. The van der Waals surface area contributed by atoms with Crippen molar-refractivity contribution in [3.8, 4) is 0 Å². The Morgan fingerprint density at radius 1 is 1.75 bits per heavy atom. The van der Waals surface area contributed by atoms with Gasteiger partial charge in [-0.2, -0.15) is 0 Å². The topological polar surface area (TPSA) is 41.1 Å². The van der Waals surface area contributed by atoms with Crippen molar-refractivity contribution in [2.45, 2.75) is 31.8 Å². The Kier molecular flexibility index (Phi) is 4.00. The lowest BCUT2D eigenvalue weighted by atomic mass is 10.2. The van der Waals surface area contributed by atoms with E-state index in [0.29, 0.717) is 18.5 Å². The Bertz CT molecular complexity index is 380. The summed E-state index contributed by atoms with van der Waals surface area (Å²) >= 11 is 5.20. The fourth-order valence-electron chi connectivity index (χ4n) is 1.81. The van der Waals surface area contributed by atoms with Gasteiger partial charge in [-0.25, -0.2) is 0 Å². The van der Waals surface area contributed by atoms with E-state index in [0.717, 1.165) is 17.4 Å². The molecule has 1 aliphatic heterocycles. The summed E-state index contributed by atoms with van der Waals surface area (Å²) in [5, 5.41) is 8.50. The van der Waals surface area contributed by atoms with E-state index in [1.807, 2.05) is 0 Å². The number of thiophene rings is 1. The molecular formula is C11H15BrN2OS. The van der Waals surface area contributed by atoms with Gasteiger partial charge in [-0.1, -0.05) is 0 Å². The van der Waals surface area contributed by atoms with E-state index in [1.165, 1.54) is 4.88 Å². The highest BCUT2D eigenvalue weighted by molar-refractivity contribution is 9.10. The fourth-order valence-corrected chi connectivity index (χ4v) is 3.28. The molecule has 1 aliphatic rings. The van der Waals surface area contributed by atoms with Gasteiger partial charge in [0.2, 0.25) is 5.91 Å². The monoisotopic (exact) mass is 302 g/mol. The van der Waals surface area contributed by atoms with Crippen molar-refractivity contribution in [3.63, 3.8) is 0 Å². The first-order valence-electron chi connectivity index (χ1n) is 5.42. The average molecular weight is 303 g/mol. The van der Waals surface area contributed by atoms with Crippen LogP contribution in [0.2, 0.25) is 0 Å². The van der Waals surface area contributed by atoms with Crippen LogP contribution in [0.25, 0.3) is 0 Å². The van der Waals surface area contributed by atoms with Gasteiger partial charge in [0.25, 0.3) is 0 Å². The second-order valence-electron chi connectivity index (χ2n) is 4.10. The summed E-state index contributed by atoms with van der Waals surface area (Å²) in [6.07, 6.45) is 1.62. The van der Waals surface area contributed by atoms with Crippen molar-refractivity contribution in [1.29, 1.82) is 0 Å². The molecule has 2 rings (SSSR count). The molecule has 88 valence electrons. The van der Waals surface area contributed by atoms with E-state index < -0.39 is 0 Å². The maximum absolute atomic E-state index is 11.0. The molecule has 5 heteroatoms. The lowest BCUT2D eigenvalue weighted by Crippen LogP contribution is -2.36. The maximum Gasteiger partial charge on any atom is 0.220 e. The molecule has 0 bridgehead atoms. The van der Waals surface area contributed by atoms with Crippen molar-refractivity contribution in [3.05, 3.63) is 20.8 Å². The van der Waals surface area contributed by atoms with Gasteiger partial charge in [-0.05, 0) is 35.3 Å². The molecule has 1 saturated heterocycles. The second-order valence-corrected chi connectivity index (χ2v) is 5.96. The van der Waals surface area contributed by atoms with Gasteiger partial charge in [0.05, 0.1) is 0 Å². The highest BCUT2D eigenvalue weighted by Crippen LogP contribution is 2.25. The van der Waals surface area contributed by atoms with Crippen LogP contribution in [0, 0.1) is 0 Å². The minimum absolute atomic E-state index is 0.179. The lowest BCUT2D eigenvalue weighted by molar-refractivity contribution is -0.119. The zero-order chi connectivity index (χ0) is 11.5. The molecule has 2 unspecified atom stereocenters. The van der Waals surface area contributed by atoms with Gasteiger partial charge >= 0.3 is 0 Å². The normalized spacial score (nSPS) is 22.1. The Morgan fingerprint density at radius 3 is 3.12 bits per heavy atom. The largest absolute Gasteiger partial charge is 0.352 e. The maximum atomic E-state index is 11.0. The Morgan fingerprint density at radius 2 is 2.56 bits per heavy atom. The van der Waals surface area contributed by atoms with Crippen molar-refractivity contribution >= 4 is 33.2 Å². The number of amides is 1. The molecule has 0 aromatic carbocycles. The zero-order valence-corrected chi connectivity index (χ0v) is 11.5. The smallest absolute Gasteiger partial charge is 0.220 e. The zero-order valence-electron chi connectivity index (χ0n) is 9.13. The van der Waals surface area contributed by atoms with Crippen molar-refractivity contribution in [1.82, 2.24) is 10.6 Å². The lowest BCUT2D eigenvalue weighted by Gasteiger charge is -2.16. The standard InChI is InChI=1S/C11H15BrN2OS/c1-7(10-4-8(12)6-16-10)13-5-9-2-3-11(15)14-9/h4,6-7,9,13H,2-3,5H2,1H3,(H,14,15). The number of hydrogen-bond acceptors (Lipinski definition) is 3. The number of hydrogen-bond donors (Lipinski definition) is 2. The molecule has 2 heterocycles. The van der Waals surface area contributed by atoms with Crippen LogP contribution in [0.15, 0.2) is 15.9 Å². The van der Waals surface area contributed by atoms with E-state index in [9.17, 15) is 4.79 Å². The number of carbonyl (C=O) groups is 1. The summed E-state index contributed by atoms with van der Waals surface area (Å²) in [7, 11) is 0. The SMILES string of the molecule is CC(NCC1CCC(=O)N1)c1cc(Br)cs1. The van der Waals surface area contributed by atoms with Gasteiger partial charge < -0.3 is 10.6 Å². The van der Waals surface area contributed by atoms with Crippen LogP contribution < -0.4 is 10.6 Å². The number of nitrogens with one attached hydrogen (secondary N) is 2. The molecule has 0 radical (unpaired) electrons. The first-order valence-corrected chi connectivity index (χ1v) is 7.09. The molecule has 0 spiro atoms. The van der Waals surface area contributed by atoms with Crippen LogP contribution in [0.5, 0.6) is 0 Å². The molecule has 0 aliphatic carbocycles. The summed E-state index contributed by atoms with van der Waals surface area (Å²) < 4.78 is 1.13. The van der Waals surface area contributed by atoms with Crippen LogP contribution in [0.3, 0.4) is 0 Å². The third-order valence-electron chi connectivity index (χ3n) is 2.77. The number of rotatable bonds is 4. The van der Waals surface area contributed by atoms with E-state index in [1.54, 1.807) is 11.3 Å². The minimum Gasteiger partial charge on any atom is -0.352 e. The Hall–Kier alpha value is -0.390. The van der Waals surface area contributed by atoms with E-state index >= 15 is 0 Å². The summed E-state index contributed by atoms with van der Waals surface area (Å²) in [5.41, 5.74) is 0. The fraction of sp³-hybridized carbons (Fsp3) is 0.545. The van der Waals surface area contributed by atoms with Crippen LogP contribution >= 0.6 is 27.3 Å². The molecule has 1 amide bonds. The predicted molar refractivity (Wildman–Crippen MR) is 69.6 cm³/mol. The van der Waals surface area contributed by atoms with Gasteiger partial charge in [-0.15, -0.1) is 11.3 Å². The van der Waals surface area contributed by atoms with Gasteiger partial charge in [-0.3, -0.25) is 4.79 Å². The van der Waals surface area contributed by atoms with Gasteiger partial charge in [0, 0.05) is 39.8 Å². The highest BCUT2D eigenvalue weighted by atomic mass is 79.9. The van der Waals surface area contributed by atoms with E-state index in [4.69, 9.17) is 0 Å². The molecule has 1 fully saturated rings. The van der Waals surface area contributed by atoms with Crippen molar-refractivity contribution in [2.24, 2.45) is 0 Å². The third kappa shape index (κ3) is 3.06. The first kappa shape index (κ1) is 12.1. The number of carbonyl (C=O) groups excluding carboxylic acids is 1. The second kappa shape index (κ2) is 5.29. The molecule has 2 N–H and O–H groups in total. The van der Waals surface area contributed by atoms with Crippen LogP contribution in [0.4, 0.5) is 0 Å². The van der Waals surface area contributed by atoms with Gasteiger partial charge in [0.15, 0.2) is 0 Å². The van der Waals surface area contributed by atoms with E-state index in [-0.39, 0.29) is 5.91 Å². The molecule has 1 aromatic rings. The third-order valence-corrected chi connectivity index (χ3v) is 4.65. The van der Waals surface area contributed by atoms with Crippen LogP contribution in [-0.2, 0) is 4.79 Å². The van der Waals surface area contributed by atoms with Crippen molar-refractivity contribution in [2.75, 3.05) is 6.54 Å². The summed E-state index contributed by atoms with van der Waals surface area (Å²) in [4.78, 5) is 12.3. The molecule has 2 atom stereocenters. The predicted octanol–water partition coefficient (Wildman–Crippen LogP) is 2.44. The van der Waals surface area contributed by atoms with E-state index in [2.05, 4.69) is 44.9 Å². The highest BCUT2D eigenvalue weighted by Gasteiger charge is 2.21. The summed E-state index contributed by atoms with van der Waals surface area (Å²) in [5.74, 6) is 0.179. The average Bonchev–Trinajstić information content (AvgIpc) is 2.84.